The number of hydrogen-bond donors (Lipinski definition) is 0. The van der Waals surface area contributed by atoms with Crippen molar-refractivity contribution in [2.24, 2.45) is 15.0 Å². The number of benzene rings is 6. The van der Waals surface area contributed by atoms with Crippen LogP contribution in [0.25, 0.3) is 34.2 Å². The minimum atomic E-state index is -0.326. The summed E-state index contributed by atoms with van der Waals surface area (Å²) < 4.78 is 0. The molecule has 9 nitrogen and oxygen atoms in total. The third-order valence-electron chi connectivity index (χ3n) is 15.8. The van der Waals surface area contributed by atoms with Gasteiger partial charge in [0.2, 0.25) is 0 Å². The van der Waals surface area contributed by atoms with Crippen LogP contribution in [0.5, 0.6) is 0 Å². The van der Waals surface area contributed by atoms with Crippen molar-refractivity contribution < 1.29 is 0 Å². The summed E-state index contributed by atoms with van der Waals surface area (Å²) in [5, 5.41) is 0. The molecule has 69 heavy (non-hydrogen) atoms. The Kier molecular flexibility index (Phi) is 10.7. The average molecular weight is 910 g/mol. The molecule has 1 aromatic heterocycles. The molecule has 0 N–H and O–H groups in total. The molecular formula is C60H63N9. The largest absolute Gasteiger partial charge is 0.318 e. The average Bonchev–Trinajstić information content (AvgIpc) is 3.76. The van der Waals surface area contributed by atoms with Crippen LogP contribution in [0.1, 0.15) is 99.8 Å². The van der Waals surface area contributed by atoms with Crippen molar-refractivity contribution in [1.82, 2.24) is 15.0 Å². The number of nitrogens with zero attached hydrogens (tertiary/aromatic N) is 9. The minimum Gasteiger partial charge on any atom is -0.318 e. The predicted molar refractivity (Wildman–Crippen MR) is 287 cm³/mol. The maximum Gasteiger partial charge on any atom is 0.164 e. The first kappa shape index (κ1) is 45.5. The Morgan fingerprint density at radius 1 is 0.261 bits per heavy atom. The fourth-order valence-electron chi connectivity index (χ4n) is 9.69. The van der Waals surface area contributed by atoms with Crippen LogP contribution in [0.2, 0.25) is 0 Å². The summed E-state index contributed by atoms with van der Waals surface area (Å²) in [5.74, 6) is 4.65. The topological polar surface area (TPSA) is 85.5 Å². The molecule has 3 aliphatic rings. The van der Waals surface area contributed by atoms with Gasteiger partial charge in [-0.2, -0.15) is 0 Å². The predicted octanol–water partition coefficient (Wildman–Crippen LogP) is 13.3. The zero-order valence-corrected chi connectivity index (χ0v) is 42.1. The lowest BCUT2D eigenvalue weighted by atomic mass is 9.83. The van der Waals surface area contributed by atoms with E-state index in [0.717, 1.165) is 67.9 Å². The summed E-state index contributed by atoms with van der Waals surface area (Å²) in [7, 11) is 0. The normalized spacial score (nSPS) is 19.3. The third kappa shape index (κ3) is 7.54. The molecule has 6 aromatic carbocycles. The maximum atomic E-state index is 5.29. The quantitative estimate of drug-likeness (QED) is 0.143. The summed E-state index contributed by atoms with van der Waals surface area (Å²) in [5.41, 5.74) is 7.21. The van der Waals surface area contributed by atoms with E-state index in [9.17, 15) is 0 Å². The SMILES string of the molecule is CC1(C)N=C(c2ccccc2)N(c2ccc(-c3nc(-c4ccc(N5C(c6ccccc6)=NC(C)(C)C5(C)C)cc4)nc(-c4ccc(N5C(c6ccccc6)=NC(C)(C)C5(C)C)cc4)n3)cc2)C1(C)C. The number of amidine groups is 3. The highest BCUT2D eigenvalue weighted by Gasteiger charge is 2.52. The van der Waals surface area contributed by atoms with Gasteiger partial charge in [-0.25, -0.2) is 15.0 Å². The molecule has 0 radical (unpaired) electrons. The van der Waals surface area contributed by atoms with Crippen molar-refractivity contribution in [2.45, 2.75) is 116 Å². The Morgan fingerprint density at radius 3 is 0.696 bits per heavy atom. The Balaban J connectivity index is 1.05. The van der Waals surface area contributed by atoms with E-state index < -0.39 is 0 Å². The molecule has 9 heteroatoms. The molecule has 0 saturated heterocycles. The Bertz CT molecular complexity index is 2780. The Hall–Kier alpha value is -7.26. The zero-order chi connectivity index (χ0) is 48.7. The van der Waals surface area contributed by atoms with Gasteiger partial charge in [0.15, 0.2) is 17.5 Å². The van der Waals surface area contributed by atoms with Crippen LogP contribution < -0.4 is 14.7 Å². The van der Waals surface area contributed by atoms with Crippen LogP contribution in [-0.2, 0) is 0 Å². The van der Waals surface area contributed by atoms with Gasteiger partial charge in [0, 0.05) is 50.4 Å². The van der Waals surface area contributed by atoms with Crippen LogP contribution in [0, 0.1) is 0 Å². The van der Waals surface area contributed by atoms with E-state index in [-0.39, 0.29) is 33.2 Å². The first-order valence-corrected chi connectivity index (χ1v) is 24.1. The van der Waals surface area contributed by atoms with Crippen molar-refractivity contribution >= 4 is 34.6 Å². The van der Waals surface area contributed by atoms with Gasteiger partial charge >= 0.3 is 0 Å². The van der Waals surface area contributed by atoms with Crippen molar-refractivity contribution in [3.8, 4) is 34.2 Å². The highest BCUT2D eigenvalue weighted by atomic mass is 15.4. The molecule has 0 aliphatic carbocycles. The van der Waals surface area contributed by atoms with Crippen LogP contribution in [0.4, 0.5) is 17.1 Å². The molecule has 0 atom stereocenters. The van der Waals surface area contributed by atoms with Crippen LogP contribution in [0.15, 0.2) is 179 Å². The number of rotatable bonds is 9. The van der Waals surface area contributed by atoms with E-state index in [0.29, 0.717) is 17.5 Å². The van der Waals surface area contributed by atoms with Gasteiger partial charge in [0.25, 0.3) is 0 Å². The molecule has 0 spiro atoms. The smallest absolute Gasteiger partial charge is 0.164 e. The molecule has 0 amide bonds. The maximum absolute atomic E-state index is 5.29. The molecule has 0 unspecified atom stereocenters. The first-order valence-electron chi connectivity index (χ1n) is 24.1. The second kappa shape index (κ2) is 16.2. The number of hydrogen-bond acceptors (Lipinski definition) is 9. The number of anilines is 3. The van der Waals surface area contributed by atoms with Crippen molar-refractivity contribution in [2.75, 3.05) is 14.7 Å². The molecule has 4 heterocycles. The van der Waals surface area contributed by atoms with E-state index in [1.54, 1.807) is 0 Å². The van der Waals surface area contributed by atoms with Crippen molar-refractivity contribution in [3.05, 3.63) is 180 Å². The van der Waals surface area contributed by atoms with E-state index in [1.807, 2.05) is 18.2 Å². The van der Waals surface area contributed by atoms with E-state index in [1.165, 1.54) is 0 Å². The van der Waals surface area contributed by atoms with Crippen molar-refractivity contribution in [1.29, 1.82) is 0 Å². The molecule has 0 bridgehead atoms. The highest BCUT2D eigenvalue weighted by Crippen LogP contribution is 2.46. The lowest BCUT2D eigenvalue weighted by molar-refractivity contribution is 0.338. The van der Waals surface area contributed by atoms with E-state index >= 15 is 0 Å². The fourth-order valence-corrected chi connectivity index (χ4v) is 9.69. The molecule has 0 saturated carbocycles. The van der Waals surface area contributed by atoms with Gasteiger partial charge in [-0.05, 0) is 156 Å². The summed E-state index contributed by atoms with van der Waals surface area (Å²) in [6.07, 6.45) is 0. The lowest BCUT2D eigenvalue weighted by Crippen LogP contribution is -2.53. The summed E-state index contributed by atoms with van der Waals surface area (Å²) in [4.78, 5) is 38.6. The molecule has 3 aliphatic heterocycles. The Labute approximate surface area is 408 Å². The second-order valence-electron chi connectivity index (χ2n) is 21.7. The molecule has 348 valence electrons. The first-order chi connectivity index (χ1) is 32.7. The summed E-state index contributed by atoms with van der Waals surface area (Å²) in [6.45, 7) is 26.9. The zero-order valence-electron chi connectivity index (χ0n) is 42.1. The highest BCUT2D eigenvalue weighted by molar-refractivity contribution is 6.14. The minimum absolute atomic E-state index is 0.299. The number of aliphatic imine (C=N–C) groups is 3. The molecular weight excluding hydrogens is 847 g/mol. The van der Waals surface area contributed by atoms with Gasteiger partial charge in [-0.1, -0.05) is 91.0 Å². The molecule has 0 fully saturated rings. The van der Waals surface area contributed by atoms with E-state index in [2.05, 4.69) is 243 Å². The number of aromatic nitrogens is 3. The van der Waals surface area contributed by atoms with Gasteiger partial charge in [-0.3, -0.25) is 15.0 Å². The third-order valence-corrected chi connectivity index (χ3v) is 15.8. The van der Waals surface area contributed by atoms with Gasteiger partial charge in [0.05, 0.1) is 33.2 Å². The molecule has 7 aromatic rings. The standard InChI is InChI=1S/C60H63N9/c1-55(2)58(7,8)67(52(64-55)43-22-16-13-17-23-43)46-34-28-40(29-35-46)49-61-50(41-30-36-47(37-31-41)68-53(44-24-18-14-19-25-44)65-56(3,4)59(68,9)10)63-51(62-49)42-32-38-48(39-33-42)69-54(45-26-20-15-21-27-45)66-57(5,6)60(69,11)12/h13-39H,1-12H3. The van der Waals surface area contributed by atoms with Crippen LogP contribution in [0.3, 0.4) is 0 Å². The van der Waals surface area contributed by atoms with Gasteiger partial charge < -0.3 is 14.7 Å². The summed E-state index contributed by atoms with van der Waals surface area (Å²) >= 11 is 0. The van der Waals surface area contributed by atoms with Crippen LogP contribution >= 0.6 is 0 Å². The second-order valence-corrected chi connectivity index (χ2v) is 21.7. The van der Waals surface area contributed by atoms with Crippen molar-refractivity contribution in [3.63, 3.8) is 0 Å². The Morgan fingerprint density at radius 2 is 0.478 bits per heavy atom. The van der Waals surface area contributed by atoms with Crippen LogP contribution in [-0.4, -0.2) is 65.7 Å². The lowest BCUT2D eigenvalue weighted by Gasteiger charge is -2.41. The summed E-state index contributed by atoms with van der Waals surface area (Å²) in [6, 6.07) is 57.1. The molecule has 10 rings (SSSR count). The van der Waals surface area contributed by atoms with Gasteiger partial charge in [-0.15, -0.1) is 0 Å². The van der Waals surface area contributed by atoms with E-state index in [4.69, 9.17) is 29.9 Å². The van der Waals surface area contributed by atoms with Gasteiger partial charge in [0.1, 0.15) is 17.5 Å². The fraction of sp³-hybridized carbons (Fsp3) is 0.300. The monoisotopic (exact) mass is 910 g/mol.